The molecule has 0 atom stereocenters. The lowest BCUT2D eigenvalue weighted by molar-refractivity contribution is -0.384. The first kappa shape index (κ1) is 13.9. The maximum Gasteiger partial charge on any atom is 0.312 e. The Bertz CT molecular complexity index is 400. The Morgan fingerprint density at radius 1 is 1.65 bits per heavy atom. The largest absolute Gasteiger partial charge is 0.380 e. The molecule has 0 saturated carbocycles. The number of ether oxygens (including phenoxy) is 1. The third-order valence-corrected chi connectivity index (χ3v) is 2.58. The summed E-state index contributed by atoms with van der Waals surface area (Å²) in [6, 6.07) is 1.44. The quantitative estimate of drug-likeness (QED) is 0.458. The summed E-state index contributed by atoms with van der Waals surface area (Å²) in [6.07, 6.45) is 1.54. The van der Waals surface area contributed by atoms with E-state index in [9.17, 15) is 10.1 Å². The van der Waals surface area contributed by atoms with Crippen LogP contribution in [-0.4, -0.2) is 36.7 Å². The van der Waals surface area contributed by atoms with E-state index in [1.807, 2.05) is 6.92 Å². The van der Waals surface area contributed by atoms with Crippen LogP contribution >= 0.6 is 15.9 Å². The smallest absolute Gasteiger partial charge is 0.312 e. The molecule has 0 spiro atoms. The molecule has 1 rings (SSSR count). The van der Waals surface area contributed by atoms with Gasteiger partial charge in [-0.3, -0.25) is 10.1 Å². The van der Waals surface area contributed by atoms with Crippen molar-refractivity contribution < 1.29 is 9.66 Å². The van der Waals surface area contributed by atoms with E-state index in [0.29, 0.717) is 30.0 Å². The van der Waals surface area contributed by atoms with Crippen molar-refractivity contribution in [3.05, 3.63) is 26.9 Å². The molecular weight excluding hydrogens is 290 g/mol. The Morgan fingerprint density at radius 3 is 2.94 bits per heavy atom. The number of hydrogen-bond acceptors (Lipinski definition) is 5. The van der Waals surface area contributed by atoms with Crippen molar-refractivity contribution in [2.45, 2.75) is 6.92 Å². The lowest BCUT2D eigenvalue weighted by Crippen LogP contribution is -2.24. The number of anilines is 1. The van der Waals surface area contributed by atoms with Crippen LogP contribution in [0.15, 0.2) is 16.7 Å². The first-order valence-corrected chi connectivity index (χ1v) is 5.94. The van der Waals surface area contributed by atoms with Crippen molar-refractivity contribution in [3.63, 3.8) is 0 Å². The molecule has 0 fully saturated rings. The zero-order valence-electron chi connectivity index (χ0n) is 9.72. The van der Waals surface area contributed by atoms with Crippen molar-refractivity contribution in [3.8, 4) is 0 Å². The van der Waals surface area contributed by atoms with Crippen LogP contribution in [0.3, 0.4) is 0 Å². The Morgan fingerprint density at radius 2 is 2.35 bits per heavy atom. The van der Waals surface area contributed by atoms with E-state index in [1.165, 1.54) is 6.07 Å². The lowest BCUT2D eigenvalue weighted by Gasteiger charge is -2.17. The lowest BCUT2D eigenvalue weighted by atomic mass is 10.3. The van der Waals surface area contributed by atoms with E-state index in [0.717, 1.165) is 0 Å². The first-order valence-electron chi connectivity index (χ1n) is 5.15. The molecular formula is C10H14BrN3O3. The molecule has 0 saturated heterocycles. The average Bonchev–Trinajstić information content (AvgIpc) is 2.29. The summed E-state index contributed by atoms with van der Waals surface area (Å²) in [7, 11) is 1.75. The highest BCUT2D eigenvalue weighted by molar-refractivity contribution is 9.10. The zero-order chi connectivity index (χ0) is 12.8. The zero-order valence-corrected chi connectivity index (χ0v) is 11.3. The highest BCUT2D eigenvalue weighted by atomic mass is 79.9. The van der Waals surface area contributed by atoms with Crippen molar-refractivity contribution in [2.24, 2.45) is 0 Å². The number of rotatable bonds is 6. The number of pyridine rings is 1. The molecule has 7 heteroatoms. The molecule has 0 unspecified atom stereocenters. The number of halogens is 1. The van der Waals surface area contributed by atoms with E-state index in [1.54, 1.807) is 18.1 Å². The molecule has 0 aliphatic heterocycles. The van der Waals surface area contributed by atoms with E-state index >= 15 is 0 Å². The van der Waals surface area contributed by atoms with Crippen LogP contribution in [0.5, 0.6) is 0 Å². The van der Waals surface area contributed by atoms with Crippen LogP contribution in [-0.2, 0) is 4.74 Å². The van der Waals surface area contributed by atoms with E-state index < -0.39 is 4.92 Å². The second kappa shape index (κ2) is 6.51. The van der Waals surface area contributed by atoms with Gasteiger partial charge in [0.2, 0.25) is 5.82 Å². The number of aromatic nitrogens is 1. The fourth-order valence-electron chi connectivity index (χ4n) is 1.30. The summed E-state index contributed by atoms with van der Waals surface area (Å²) in [6.45, 7) is 3.61. The third-order valence-electron chi connectivity index (χ3n) is 2.15. The third kappa shape index (κ3) is 3.94. The summed E-state index contributed by atoms with van der Waals surface area (Å²) < 4.78 is 5.79. The molecule has 1 aromatic rings. The molecule has 0 radical (unpaired) electrons. The molecule has 94 valence electrons. The minimum Gasteiger partial charge on any atom is -0.380 e. The van der Waals surface area contributed by atoms with Gasteiger partial charge in [-0.2, -0.15) is 0 Å². The van der Waals surface area contributed by atoms with Gasteiger partial charge in [0.1, 0.15) is 0 Å². The standard InChI is InChI=1S/C10H14BrN3O3/c1-3-17-5-4-13(2)10-9(14(15)16)6-8(11)7-12-10/h6-7H,3-5H2,1-2H3. The summed E-state index contributed by atoms with van der Waals surface area (Å²) >= 11 is 3.17. The molecule has 0 bridgehead atoms. The van der Waals surface area contributed by atoms with Gasteiger partial charge in [-0.05, 0) is 22.9 Å². The van der Waals surface area contributed by atoms with Crippen LogP contribution in [0.25, 0.3) is 0 Å². The Balaban J connectivity index is 2.84. The van der Waals surface area contributed by atoms with Crippen molar-refractivity contribution >= 4 is 27.4 Å². The summed E-state index contributed by atoms with van der Waals surface area (Å²) in [4.78, 5) is 16.2. The first-order chi connectivity index (χ1) is 8.06. The second-order valence-corrected chi connectivity index (χ2v) is 4.29. The monoisotopic (exact) mass is 303 g/mol. The molecule has 0 N–H and O–H groups in total. The van der Waals surface area contributed by atoms with Crippen molar-refractivity contribution in [1.29, 1.82) is 0 Å². The highest BCUT2D eigenvalue weighted by Crippen LogP contribution is 2.27. The van der Waals surface area contributed by atoms with Crippen LogP contribution in [0, 0.1) is 10.1 Å². The normalized spacial score (nSPS) is 10.3. The maximum atomic E-state index is 10.9. The van der Waals surface area contributed by atoms with Gasteiger partial charge in [-0.25, -0.2) is 4.98 Å². The molecule has 0 aliphatic rings. The molecule has 1 heterocycles. The Hall–Kier alpha value is -1.21. The van der Waals surface area contributed by atoms with E-state index in [2.05, 4.69) is 20.9 Å². The SMILES string of the molecule is CCOCCN(C)c1ncc(Br)cc1[N+](=O)[O-]. The van der Waals surface area contributed by atoms with Gasteiger partial charge >= 0.3 is 5.69 Å². The van der Waals surface area contributed by atoms with Crippen molar-refractivity contribution in [2.75, 3.05) is 31.7 Å². The van der Waals surface area contributed by atoms with Gasteiger partial charge < -0.3 is 9.64 Å². The van der Waals surface area contributed by atoms with Crippen LogP contribution in [0.1, 0.15) is 6.92 Å². The Kier molecular flexibility index (Phi) is 5.30. The number of hydrogen-bond donors (Lipinski definition) is 0. The average molecular weight is 304 g/mol. The fraction of sp³-hybridized carbons (Fsp3) is 0.500. The maximum absolute atomic E-state index is 10.9. The molecule has 6 nitrogen and oxygen atoms in total. The highest BCUT2D eigenvalue weighted by Gasteiger charge is 2.19. The van der Waals surface area contributed by atoms with Gasteiger partial charge in [0.05, 0.1) is 11.5 Å². The fourth-order valence-corrected chi connectivity index (χ4v) is 1.62. The molecule has 0 amide bonds. The summed E-state index contributed by atoms with van der Waals surface area (Å²) in [5, 5.41) is 10.9. The molecule has 0 aromatic carbocycles. The Labute approximate surface area is 108 Å². The predicted octanol–water partition coefficient (Wildman–Crippen LogP) is 2.22. The number of nitro groups is 1. The molecule has 1 aromatic heterocycles. The summed E-state index contributed by atoms with van der Waals surface area (Å²) in [5.74, 6) is 0.345. The van der Waals surface area contributed by atoms with Crippen molar-refractivity contribution in [1.82, 2.24) is 4.98 Å². The van der Waals surface area contributed by atoms with Gasteiger partial charge in [0, 0.05) is 36.9 Å². The number of nitrogens with zero attached hydrogens (tertiary/aromatic N) is 3. The van der Waals surface area contributed by atoms with Gasteiger partial charge in [0.15, 0.2) is 0 Å². The van der Waals surface area contributed by atoms with Gasteiger partial charge in [-0.1, -0.05) is 0 Å². The minimum absolute atomic E-state index is 0.0154. The van der Waals surface area contributed by atoms with Crippen LogP contribution in [0.2, 0.25) is 0 Å². The van der Waals surface area contributed by atoms with Gasteiger partial charge in [0.25, 0.3) is 0 Å². The van der Waals surface area contributed by atoms with Gasteiger partial charge in [-0.15, -0.1) is 0 Å². The second-order valence-electron chi connectivity index (χ2n) is 3.37. The number of likely N-dealkylation sites (N-methyl/N-ethyl adjacent to an activating group) is 1. The summed E-state index contributed by atoms with van der Waals surface area (Å²) in [5.41, 5.74) is -0.0154. The van der Waals surface area contributed by atoms with E-state index in [4.69, 9.17) is 4.74 Å². The topological polar surface area (TPSA) is 68.5 Å². The molecule has 0 aliphatic carbocycles. The molecule has 17 heavy (non-hydrogen) atoms. The predicted molar refractivity (Wildman–Crippen MR) is 68.4 cm³/mol. The van der Waals surface area contributed by atoms with Crippen LogP contribution < -0.4 is 4.90 Å². The van der Waals surface area contributed by atoms with E-state index in [-0.39, 0.29) is 5.69 Å². The van der Waals surface area contributed by atoms with Crippen LogP contribution in [0.4, 0.5) is 11.5 Å². The minimum atomic E-state index is -0.440.